The lowest BCUT2D eigenvalue weighted by Gasteiger charge is -2.13. The molecule has 5 heteroatoms. The number of hydrogen-bond acceptors (Lipinski definition) is 4. The molecular formula is C13H20N4O. The molecule has 0 amide bonds. The highest BCUT2D eigenvalue weighted by molar-refractivity contribution is 5.27. The Hall–Kier alpha value is -1.62. The number of aromatic nitrogens is 3. The Labute approximate surface area is 107 Å². The minimum absolute atomic E-state index is 0.246. The Kier molecular flexibility index (Phi) is 3.52. The highest BCUT2D eigenvalue weighted by atomic mass is 16.5. The molecule has 0 saturated heterocycles. The van der Waals surface area contributed by atoms with Gasteiger partial charge < -0.3 is 9.84 Å². The first-order valence-corrected chi connectivity index (χ1v) is 6.14. The van der Waals surface area contributed by atoms with Gasteiger partial charge in [-0.2, -0.15) is 5.10 Å². The van der Waals surface area contributed by atoms with Gasteiger partial charge in [0.05, 0.1) is 11.4 Å². The summed E-state index contributed by atoms with van der Waals surface area (Å²) in [6, 6.07) is 2.19. The van der Waals surface area contributed by atoms with Crippen LogP contribution in [0.25, 0.3) is 0 Å². The molecule has 2 heterocycles. The Morgan fingerprint density at radius 3 is 2.61 bits per heavy atom. The molecule has 0 aliphatic rings. The van der Waals surface area contributed by atoms with Gasteiger partial charge in [0.25, 0.3) is 0 Å². The average Bonchev–Trinajstić information content (AvgIpc) is 2.82. The predicted molar refractivity (Wildman–Crippen MR) is 69.2 cm³/mol. The van der Waals surface area contributed by atoms with Crippen LogP contribution >= 0.6 is 0 Å². The smallest absolute Gasteiger partial charge is 0.133 e. The third-order valence-electron chi connectivity index (χ3n) is 3.26. The van der Waals surface area contributed by atoms with Crippen LogP contribution in [-0.4, -0.2) is 14.9 Å². The Morgan fingerprint density at radius 2 is 2.11 bits per heavy atom. The van der Waals surface area contributed by atoms with Crippen LogP contribution in [0.2, 0.25) is 0 Å². The fraction of sp³-hybridized carbons (Fsp3) is 0.538. The summed E-state index contributed by atoms with van der Waals surface area (Å²) in [5.41, 5.74) is 4.46. The van der Waals surface area contributed by atoms with Crippen molar-refractivity contribution in [2.24, 2.45) is 7.05 Å². The molecule has 5 nitrogen and oxygen atoms in total. The molecule has 1 atom stereocenters. The van der Waals surface area contributed by atoms with Gasteiger partial charge in [0.2, 0.25) is 0 Å². The van der Waals surface area contributed by atoms with Crippen molar-refractivity contribution < 1.29 is 4.52 Å². The molecular weight excluding hydrogens is 228 g/mol. The first-order valence-electron chi connectivity index (χ1n) is 6.14. The lowest BCUT2D eigenvalue weighted by Crippen LogP contribution is -2.19. The fourth-order valence-corrected chi connectivity index (χ4v) is 2.28. The zero-order chi connectivity index (χ0) is 13.3. The molecule has 98 valence electrons. The van der Waals surface area contributed by atoms with E-state index in [9.17, 15) is 0 Å². The van der Waals surface area contributed by atoms with E-state index in [4.69, 9.17) is 4.52 Å². The largest absolute Gasteiger partial charge is 0.361 e. The van der Waals surface area contributed by atoms with Crippen LogP contribution in [-0.2, 0) is 13.6 Å². The minimum Gasteiger partial charge on any atom is -0.361 e. The van der Waals surface area contributed by atoms with E-state index >= 15 is 0 Å². The van der Waals surface area contributed by atoms with Crippen molar-refractivity contribution in [3.8, 4) is 0 Å². The second-order valence-corrected chi connectivity index (χ2v) is 4.74. The van der Waals surface area contributed by atoms with Crippen LogP contribution in [0, 0.1) is 20.8 Å². The van der Waals surface area contributed by atoms with Crippen LogP contribution < -0.4 is 5.32 Å². The van der Waals surface area contributed by atoms with Crippen molar-refractivity contribution in [3.05, 3.63) is 34.5 Å². The van der Waals surface area contributed by atoms with Crippen molar-refractivity contribution in [1.29, 1.82) is 0 Å². The van der Waals surface area contributed by atoms with Crippen LogP contribution in [0.1, 0.15) is 41.4 Å². The van der Waals surface area contributed by atoms with Crippen molar-refractivity contribution in [2.75, 3.05) is 0 Å². The summed E-state index contributed by atoms with van der Waals surface area (Å²) >= 11 is 0. The normalized spacial score (nSPS) is 12.9. The van der Waals surface area contributed by atoms with Gasteiger partial charge in [0.15, 0.2) is 0 Å². The van der Waals surface area contributed by atoms with Crippen molar-refractivity contribution in [3.63, 3.8) is 0 Å². The second-order valence-electron chi connectivity index (χ2n) is 4.74. The first kappa shape index (κ1) is 12.8. The molecule has 1 N–H and O–H groups in total. The third kappa shape index (κ3) is 2.46. The van der Waals surface area contributed by atoms with Crippen LogP contribution in [0.15, 0.2) is 10.6 Å². The second kappa shape index (κ2) is 4.94. The maximum Gasteiger partial charge on any atom is 0.133 e. The quantitative estimate of drug-likeness (QED) is 0.901. The van der Waals surface area contributed by atoms with Gasteiger partial charge in [-0.15, -0.1) is 0 Å². The molecule has 2 rings (SSSR count). The highest BCUT2D eigenvalue weighted by Crippen LogP contribution is 2.20. The molecule has 2 aromatic heterocycles. The summed E-state index contributed by atoms with van der Waals surface area (Å²) in [5.74, 6) is 0.841. The summed E-state index contributed by atoms with van der Waals surface area (Å²) in [4.78, 5) is 0. The van der Waals surface area contributed by atoms with E-state index in [2.05, 4.69) is 29.4 Å². The fourth-order valence-electron chi connectivity index (χ4n) is 2.28. The first-order chi connectivity index (χ1) is 8.49. The van der Waals surface area contributed by atoms with E-state index in [1.54, 1.807) is 0 Å². The molecule has 0 aliphatic carbocycles. The molecule has 0 saturated carbocycles. The molecule has 0 fully saturated rings. The number of nitrogens with one attached hydrogen (secondary N) is 1. The highest BCUT2D eigenvalue weighted by Gasteiger charge is 2.16. The van der Waals surface area contributed by atoms with Gasteiger partial charge in [-0.05, 0) is 27.7 Å². The SMILES string of the molecule is Cc1cc(CNC(C)c2c(C)nn(C)c2C)no1. The number of hydrogen-bond donors (Lipinski definition) is 1. The van der Waals surface area contributed by atoms with Crippen molar-refractivity contribution in [1.82, 2.24) is 20.3 Å². The number of nitrogens with zero attached hydrogens (tertiary/aromatic N) is 3. The van der Waals surface area contributed by atoms with E-state index in [1.807, 2.05) is 31.6 Å². The Balaban J connectivity index is 2.05. The monoisotopic (exact) mass is 248 g/mol. The number of aryl methyl sites for hydroxylation is 3. The zero-order valence-electron chi connectivity index (χ0n) is 11.6. The topological polar surface area (TPSA) is 55.9 Å². The van der Waals surface area contributed by atoms with E-state index in [1.165, 1.54) is 11.3 Å². The standard InChI is InChI=1S/C13H20N4O/c1-8-6-12(16-18-8)7-14-9(2)13-10(3)15-17(5)11(13)4/h6,9,14H,7H2,1-5H3. The summed E-state index contributed by atoms with van der Waals surface area (Å²) < 4.78 is 6.97. The molecule has 0 aromatic carbocycles. The lowest BCUT2D eigenvalue weighted by molar-refractivity contribution is 0.386. The van der Waals surface area contributed by atoms with E-state index in [0.717, 1.165) is 17.1 Å². The van der Waals surface area contributed by atoms with Gasteiger partial charge >= 0.3 is 0 Å². The Morgan fingerprint density at radius 1 is 1.39 bits per heavy atom. The summed E-state index contributed by atoms with van der Waals surface area (Å²) in [5, 5.41) is 11.9. The van der Waals surface area contributed by atoms with E-state index in [0.29, 0.717) is 6.54 Å². The van der Waals surface area contributed by atoms with Crippen molar-refractivity contribution in [2.45, 2.75) is 40.3 Å². The average molecular weight is 248 g/mol. The molecule has 0 bridgehead atoms. The molecule has 0 aliphatic heterocycles. The summed E-state index contributed by atoms with van der Waals surface area (Å²) in [6.07, 6.45) is 0. The van der Waals surface area contributed by atoms with Gasteiger partial charge in [0, 0.05) is 37.0 Å². The van der Waals surface area contributed by atoms with Crippen LogP contribution in [0.4, 0.5) is 0 Å². The maximum absolute atomic E-state index is 5.05. The summed E-state index contributed by atoms with van der Waals surface area (Å²) in [6.45, 7) is 8.88. The van der Waals surface area contributed by atoms with E-state index < -0.39 is 0 Å². The van der Waals surface area contributed by atoms with E-state index in [-0.39, 0.29) is 6.04 Å². The van der Waals surface area contributed by atoms with Gasteiger partial charge in [-0.25, -0.2) is 0 Å². The predicted octanol–water partition coefficient (Wildman–Crippen LogP) is 2.18. The van der Waals surface area contributed by atoms with Crippen LogP contribution in [0.5, 0.6) is 0 Å². The molecule has 18 heavy (non-hydrogen) atoms. The lowest BCUT2D eigenvalue weighted by atomic mass is 10.1. The molecule has 0 spiro atoms. The maximum atomic E-state index is 5.05. The minimum atomic E-state index is 0.246. The van der Waals surface area contributed by atoms with Gasteiger partial charge in [0.1, 0.15) is 5.76 Å². The Bertz CT molecular complexity index is 541. The number of rotatable bonds is 4. The molecule has 2 aromatic rings. The van der Waals surface area contributed by atoms with Crippen LogP contribution in [0.3, 0.4) is 0 Å². The molecule has 0 radical (unpaired) electrons. The van der Waals surface area contributed by atoms with Gasteiger partial charge in [-0.3, -0.25) is 4.68 Å². The molecule has 1 unspecified atom stereocenters. The zero-order valence-corrected chi connectivity index (χ0v) is 11.6. The summed E-state index contributed by atoms with van der Waals surface area (Å²) in [7, 11) is 1.97. The van der Waals surface area contributed by atoms with Gasteiger partial charge in [-0.1, -0.05) is 5.16 Å². The third-order valence-corrected chi connectivity index (χ3v) is 3.26. The van der Waals surface area contributed by atoms with Crippen molar-refractivity contribution >= 4 is 0 Å².